The van der Waals surface area contributed by atoms with Crippen molar-refractivity contribution < 1.29 is 18.3 Å². The van der Waals surface area contributed by atoms with E-state index < -0.39 is 6.61 Å². The van der Waals surface area contributed by atoms with Crippen molar-refractivity contribution in [3.05, 3.63) is 29.8 Å². The minimum Gasteiger partial charge on any atom is -0.435 e. The fourth-order valence-corrected chi connectivity index (χ4v) is 2.35. The Labute approximate surface area is 135 Å². The van der Waals surface area contributed by atoms with E-state index >= 15 is 0 Å². The highest BCUT2D eigenvalue weighted by atomic mass is 19.3. The molecule has 0 amide bonds. The summed E-state index contributed by atoms with van der Waals surface area (Å²) in [5.41, 5.74) is 0.803. The van der Waals surface area contributed by atoms with Crippen LogP contribution in [0.5, 0.6) is 5.75 Å². The van der Waals surface area contributed by atoms with Crippen molar-refractivity contribution >= 4 is 5.96 Å². The largest absolute Gasteiger partial charge is 0.435 e. The van der Waals surface area contributed by atoms with Gasteiger partial charge in [0, 0.05) is 19.7 Å². The predicted molar refractivity (Wildman–Crippen MR) is 84.9 cm³/mol. The van der Waals surface area contributed by atoms with Crippen LogP contribution in [0.25, 0.3) is 0 Å². The van der Waals surface area contributed by atoms with Crippen LogP contribution in [0.4, 0.5) is 8.78 Å². The molecule has 1 saturated heterocycles. The maximum atomic E-state index is 12.2. The number of benzene rings is 1. The van der Waals surface area contributed by atoms with Crippen LogP contribution in [0.3, 0.4) is 0 Å². The summed E-state index contributed by atoms with van der Waals surface area (Å²) < 4.78 is 34.4. The molecule has 1 fully saturated rings. The molecule has 0 aliphatic carbocycles. The smallest absolute Gasteiger partial charge is 0.387 e. The van der Waals surface area contributed by atoms with E-state index in [1.807, 2.05) is 13.0 Å². The maximum Gasteiger partial charge on any atom is 0.387 e. The van der Waals surface area contributed by atoms with Crippen molar-refractivity contribution in [3.8, 4) is 5.75 Å². The maximum absolute atomic E-state index is 12.2. The molecule has 1 unspecified atom stereocenters. The Balaban J connectivity index is 1.90. The van der Waals surface area contributed by atoms with E-state index in [-0.39, 0.29) is 11.9 Å². The highest BCUT2D eigenvalue weighted by molar-refractivity contribution is 5.79. The standard InChI is InChI=1S/C16H23F2N3O2/c1-2-19-16(21-11-14-7-4-8-22-14)20-10-12-5-3-6-13(9-12)23-15(17)18/h3,5-6,9,14-15H,2,4,7-8,10-11H2,1H3,(H2,19,20,21). The Morgan fingerprint density at radius 1 is 1.43 bits per heavy atom. The first kappa shape index (κ1) is 17.5. The van der Waals surface area contributed by atoms with E-state index in [4.69, 9.17) is 4.74 Å². The monoisotopic (exact) mass is 327 g/mol. The van der Waals surface area contributed by atoms with Gasteiger partial charge in [-0.15, -0.1) is 0 Å². The molecule has 0 spiro atoms. The molecule has 1 heterocycles. The number of guanidine groups is 1. The Hall–Kier alpha value is -1.89. The van der Waals surface area contributed by atoms with Gasteiger partial charge >= 0.3 is 6.61 Å². The Kier molecular flexibility index (Phi) is 7.06. The number of nitrogens with one attached hydrogen (secondary N) is 2. The molecule has 0 radical (unpaired) electrons. The second-order valence-electron chi connectivity index (χ2n) is 5.24. The zero-order chi connectivity index (χ0) is 16.5. The fourth-order valence-electron chi connectivity index (χ4n) is 2.35. The summed E-state index contributed by atoms with van der Waals surface area (Å²) in [5, 5.41) is 6.40. The lowest BCUT2D eigenvalue weighted by Gasteiger charge is -2.14. The number of alkyl halides is 2. The molecule has 0 bridgehead atoms. The van der Waals surface area contributed by atoms with Crippen LogP contribution >= 0.6 is 0 Å². The molecule has 23 heavy (non-hydrogen) atoms. The molecule has 1 aliphatic rings. The lowest BCUT2D eigenvalue weighted by molar-refractivity contribution is -0.0498. The number of hydrogen-bond donors (Lipinski definition) is 2. The van der Waals surface area contributed by atoms with Crippen LogP contribution in [-0.2, 0) is 11.3 Å². The van der Waals surface area contributed by atoms with Gasteiger partial charge in [0.2, 0.25) is 0 Å². The van der Waals surface area contributed by atoms with E-state index in [0.29, 0.717) is 19.0 Å². The van der Waals surface area contributed by atoms with E-state index in [0.717, 1.165) is 31.6 Å². The van der Waals surface area contributed by atoms with Gasteiger partial charge in [-0.3, -0.25) is 0 Å². The molecule has 2 N–H and O–H groups in total. The molecule has 0 saturated carbocycles. The van der Waals surface area contributed by atoms with Crippen molar-refractivity contribution in [2.45, 2.75) is 39.0 Å². The Morgan fingerprint density at radius 3 is 3.00 bits per heavy atom. The molecule has 1 aliphatic heterocycles. The van der Waals surface area contributed by atoms with Crippen molar-refractivity contribution in [2.75, 3.05) is 19.7 Å². The quantitative estimate of drug-likeness (QED) is 0.597. The molecule has 5 nitrogen and oxygen atoms in total. The first-order chi connectivity index (χ1) is 11.2. The van der Waals surface area contributed by atoms with Gasteiger partial charge in [-0.1, -0.05) is 12.1 Å². The molecule has 2 rings (SSSR count). The van der Waals surface area contributed by atoms with Gasteiger partial charge in [-0.2, -0.15) is 8.78 Å². The van der Waals surface area contributed by atoms with Crippen LogP contribution in [0.1, 0.15) is 25.3 Å². The van der Waals surface area contributed by atoms with Crippen molar-refractivity contribution in [1.29, 1.82) is 0 Å². The lowest BCUT2D eigenvalue weighted by Crippen LogP contribution is -2.41. The summed E-state index contributed by atoms with van der Waals surface area (Å²) in [6.45, 7) is 1.81. The minimum absolute atomic E-state index is 0.144. The molecule has 7 heteroatoms. The highest BCUT2D eigenvalue weighted by Crippen LogP contribution is 2.16. The molecular weight excluding hydrogens is 304 g/mol. The summed E-state index contributed by atoms with van der Waals surface area (Å²) in [7, 11) is 0. The number of halogens is 2. The third kappa shape index (κ3) is 6.40. The van der Waals surface area contributed by atoms with E-state index in [1.165, 1.54) is 6.07 Å². The number of aliphatic imine (C=N–C) groups is 1. The highest BCUT2D eigenvalue weighted by Gasteiger charge is 2.15. The van der Waals surface area contributed by atoms with Crippen molar-refractivity contribution in [1.82, 2.24) is 10.6 Å². The van der Waals surface area contributed by atoms with Gasteiger partial charge in [0.25, 0.3) is 0 Å². The SMILES string of the molecule is CCNC(=NCc1cccc(OC(F)F)c1)NCC1CCCO1. The second kappa shape index (κ2) is 9.29. The number of hydrogen-bond acceptors (Lipinski definition) is 3. The van der Waals surface area contributed by atoms with Crippen LogP contribution in [0.2, 0.25) is 0 Å². The molecule has 1 aromatic carbocycles. The molecule has 1 atom stereocenters. The lowest BCUT2D eigenvalue weighted by atomic mass is 10.2. The van der Waals surface area contributed by atoms with Gasteiger partial charge in [0.15, 0.2) is 5.96 Å². The third-order valence-corrected chi connectivity index (χ3v) is 3.41. The van der Waals surface area contributed by atoms with Crippen molar-refractivity contribution in [2.24, 2.45) is 4.99 Å². The summed E-state index contributed by atoms with van der Waals surface area (Å²) in [4.78, 5) is 4.46. The van der Waals surface area contributed by atoms with Gasteiger partial charge in [-0.25, -0.2) is 4.99 Å². The van der Waals surface area contributed by atoms with Crippen molar-refractivity contribution in [3.63, 3.8) is 0 Å². The van der Waals surface area contributed by atoms with Gasteiger partial charge in [0.05, 0.1) is 12.6 Å². The Bertz CT molecular complexity index is 506. The summed E-state index contributed by atoms with van der Waals surface area (Å²) in [5.74, 6) is 0.827. The normalized spacial score (nSPS) is 18.3. The summed E-state index contributed by atoms with van der Waals surface area (Å²) in [6.07, 6.45) is 2.37. The zero-order valence-corrected chi connectivity index (χ0v) is 13.2. The first-order valence-corrected chi connectivity index (χ1v) is 7.85. The number of ether oxygens (including phenoxy) is 2. The second-order valence-corrected chi connectivity index (χ2v) is 5.24. The summed E-state index contributed by atoms with van der Waals surface area (Å²) in [6, 6.07) is 6.57. The Morgan fingerprint density at radius 2 is 2.30 bits per heavy atom. The first-order valence-electron chi connectivity index (χ1n) is 7.85. The van der Waals surface area contributed by atoms with Gasteiger partial charge in [0.1, 0.15) is 5.75 Å². The molecule has 128 valence electrons. The fraction of sp³-hybridized carbons (Fsp3) is 0.562. The topological polar surface area (TPSA) is 54.9 Å². The average Bonchev–Trinajstić information content (AvgIpc) is 3.03. The van der Waals surface area contributed by atoms with E-state index in [1.54, 1.807) is 12.1 Å². The average molecular weight is 327 g/mol. The van der Waals surface area contributed by atoms with Crippen LogP contribution in [0.15, 0.2) is 29.3 Å². The predicted octanol–water partition coefficient (Wildman–Crippen LogP) is 2.52. The van der Waals surface area contributed by atoms with E-state index in [2.05, 4.69) is 20.4 Å². The molecule has 0 aromatic heterocycles. The molecule has 1 aromatic rings. The molecular formula is C16H23F2N3O2. The zero-order valence-electron chi connectivity index (χ0n) is 13.2. The van der Waals surface area contributed by atoms with E-state index in [9.17, 15) is 8.78 Å². The minimum atomic E-state index is -2.82. The van der Waals surface area contributed by atoms with Crippen LogP contribution in [-0.4, -0.2) is 38.4 Å². The van der Waals surface area contributed by atoms with Gasteiger partial charge in [-0.05, 0) is 37.5 Å². The third-order valence-electron chi connectivity index (χ3n) is 3.41. The number of rotatable bonds is 7. The summed E-state index contributed by atoms with van der Waals surface area (Å²) >= 11 is 0. The van der Waals surface area contributed by atoms with Crippen LogP contribution in [0, 0.1) is 0 Å². The van der Waals surface area contributed by atoms with Gasteiger partial charge < -0.3 is 20.1 Å². The van der Waals surface area contributed by atoms with Crippen LogP contribution < -0.4 is 15.4 Å². The number of nitrogens with zero attached hydrogens (tertiary/aromatic N) is 1.